The van der Waals surface area contributed by atoms with E-state index in [1.165, 1.54) is 18.5 Å². The molecule has 0 atom stereocenters. The molecule has 0 saturated heterocycles. The van der Waals surface area contributed by atoms with Crippen molar-refractivity contribution in [1.82, 2.24) is 10.3 Å². The topological polar surface area (TPSA) is 112 Å². The van der Waals surface area contributed by atoms with Gasteiger partial charge in [0.2, 0.25) is 0 Å². The van der Waals surface area contributed by atoms with Crippen LogP contribution in [0.25, 0.3) is 0 Å². The SMILES string of the molecule is Cc1cccc(CNc2ccncc2N(C(=O)NC(C)C)S(=O)(=O)O)c1. The molecule has 8 nitrogen and oxygen atoms in total. The fourth-order valence-corrected chi connectivity index (χ4v) is 3.02. The van der Waals surface area contributed by atoms with Gasteiger partial charge in [0.25, 0.3) is 0 Å². The van der Waals surface area contributed by atoms with Gasteiger partial charge in [-0.1, -0.05) is 29.8 Å². The molecule has 9 heteroatoms. The zero-order chi connectivity index (χ0) is 19.3. The molecule has 0 aliphatic rings. The van der Waals surface area contributed by atoms with Gasteiger partial charge < -0.3 is 10.6 Å². The third-order valence-corrected chi connectivity index (χ3v) is 4.24. The molecule has 2 rings (SSSR count). The number of hydrogen-bond acceptors (Lipinski definition) is 5. The van der Waals surface area contributed by atoms with E-state index in [4.69, 9.17) is 0 Å². The molecule has 1 aromatic carbocycles. The van der Waals surface area contributed by atoms with Crippen LogP contribution < -0.4 is 14.9 Å². The van der Waals surface area contributed by atoms with Crippen molar-refractivity contribution in [1.29, 1.82) is 0 Å². The first-order chi connectivity index (χ1) is 12.2. The maximum absolute atomic E-state index is 12.3. The first kappa shape index (κ1) is 19.7. The monoisotopic (exact) mass is 378 g/mol. The van der Waals surface area contributed by atoms with E-state index in [1.54, 1.807) is 13.8 Å². The first-order valence-corrected chi connectivity index (χ1v) is 9.40. The van der Waals surface area contributed by atoms with Crippen LogP contribution in [0.15, 0.2) is 42.7 Å². The summed E-state index contributed by atoms with van der Waals surface area (Å²) in [5.74, 6) is 0. The third kappa shape index (κ3) is 5.17. The number of rotatable bonds is 6. The second-order valence-corrected chi connectivity index (χ2v) is 7.34. The Morgan fingerprint density at radius 3 is 2.65 bits per heavy atom. The first-order valence-electron chi connectivity index (χ1n) is 8.00. The van der Waals surface area contributed by atoms with Crippen LogP contribution in [0.3, 0.4) is 0 Å². The molecule has 0 radical (unpaired) electrons. The minimum Gasteiger partial charge on any atom is -0.379 e. The highest BCUT2D eigenvalue weighted by atomic mass is 32.2. The van der Waals surface area contributed by atoms with Crippen LogP contribution in [0.1, 0.15) is 25.0 Å². The van der Waals surface area contributed by atoms with Gasteiger partial charge in [-0.2, -0.15) is 12.7 Å². The maximum atomic E-state index is 12.3. The van der Waals surface area contributed by atoms with Crippen LogP contribution in [0.4, 0.5) is 16.2 Å². The van der Waals surface area contributed by atoms with Gasteiger partial charge in [0.1, 0.15) is 5.69 Å². The molecule has 2 amide bonds. The van der Waals surface area contributed by atoms with Crippen LogP contribution >= 0.6 is 0 Å². The quantitative estimate of drug-likeness (QED) is 0.667. The summed E-state index contributed by atoms with van der Waals surface area (Å²) >= 11 is 0. The summed E-state index contributed by atoms with van der Waals surface area (Å²) in [6, 6.07) is 8.05. The number of nitrogens with zero attached hydrogens (tertiary/aromatic N) is 2. The molecule has 140 valence electrons. The minimum atomic E-state index is -4.83. The largest absolute Gasteiger partial charge is 0.379 e. The Hall–Kier alpha value is -2.65. The molecular formula is C17H22N4O4S. The molecule has 3 N–H and O–H groups in total. The zero-order valence-corrected chi connectivity index (χ0v) is 15.6. The smallest absolute Gasteiger partial charge is 0.368 e. The normalized spacial score (nSPS) is 11.3. The molecule has 0 fully saturated rings. The number of carbonyl (C=O) groups excluding carboxylic acids is 1. The lowest BCUT2D eigenvalue weighted by molar-refractivity contribution is 0.246. The average Bonchev–Trinajstić information content (AvgIpc) is 2.52. The van der Waals surface area contributed by atoms with Crippen molar-refractivity contribution in [3.8, 4) is 0 Å². The summed E-state index contributed by atoms with van der Waals surface area (Å²) in [4.78, 5) is 16.2. The highest BCUT2D eigenvalue weighted by Gasteiger charge is 2.30. The lowest BCUT2D eigenvalue weighted by Gasteiger charge is -2.23. The summed E-state index contributed by atoms with van der Waals surface area (Å²) in [6.45, 7) is 5.74. The van der Waals surface area contributed by atoms with Crippen molar-refractivity contribution in [3.05, 3.63) is 53.9 Å². The van der Waals surface area contributed by atoms with Crippen molar-refractivity contribution in [2.45, 2.75) is 33.4 Å². The number of aryl methyl sites for hydroxylation is 1. The molecule has 0 aliphatic heterocycles. The van der Waals surface area contributed by atoms with E-state index in [0.717, 1.165) is 11.1 Å². The molecule has 1 heterocycles. The highest BCUT2D eigenvalue weighted by Crippen LogP contribution is 2.27. The van der Waals surface area contributed by atoms with Gasteiger partial charge in [0, 0.05) is 18.8 Å². The second-order valence-electron chi connectivity index (χ2n) is 6.08. The lowest BCUT2D eigenvalue weighted by Crippen LogP contribution is -2.46. The summed E-state index contributed by atoms with van der Waals surface area (Å²) in [5, 5.41) is 5.53. The summed E-state index contributed by atoms with van der Waals surface area (Å²) in [7, 11) is -4.83. The summed E-state index contributed by atoms with van der Waals surface area (Å²) in [6.07, 6.45) is 2.66. The van der Waals surface area contributed by atoms with E-state index in [-0.39, 0.29) is 11.7 Å². The summed E-state index contributed by atoms with van der Waals surface area (Å²) < 4.78 is 33.4. The molecule has 0 saturated carbocycles. The van der Waals surface area contributed by atoms with E-state index in [1.807, 2.05) is 31.2 Å². The van der Waals surface area contributed by atoms with Gasteiger partial charge in [0.05, 0.1) is 11.9 Å². The van der Waals surface area contributed by atoms with Crippen molar-refractivity contribution >= 4 is 27.7 Å². The van der Waals surface area contributed by atoms with Crippen LogP contribution in [-0.4, -0.2) is 30.0 Å². The molecule has 26 heavy (non-hydrogen) atoms. The zero-order valence-electron chi connectivity index (χ0n) is 14.8. The van der Waals surface area contributed by atoms with Gasteiger partial charge in [-0.15, -0.1) is 0 Å². The Labute approximate surface area is 153 Å². The maximum Gasteiger partial charge on any atom is 0.368 e. The number of amides is 2. The Morgan fingerprint density at radius 2 is 2.04 bits per heavy atom. The van der Waals surface area contributed by atoms with Crippen LogP contribution in [0.2, 0.25) is 0 Å². The van der Waals surface area contributed by atoms with E-state index in [2.05, 4.69) is 15.6 Å². The second kappa shape index (κ2) is 8.15. The predicted molar refractivity (Wildman–Crippen MR) is 100 cm³/mol. The number of benzene rings is 1. The molecule has 1 aromatic heterocycles. The highest BCUT2D eigenvalue weighted by molar-refractivity contribution is 7.88. The number of pyridine rings is 1. The Balaban J connectivity index is 2.34. The van der Waals surface area contributed by atoms with Gasteiger partial charge >= 0.3 is 16.3 Å². The minimum absolute atomic E-state index is 0.0687. The van der Waals surface area contributed by atoms with E-state index < -0.39 is 16.3 Å². The standard InChI is InChI=1S/C17H22N4O4S/c1-12(2)20-17(22)21(26(23,24)25)16-11-18-8-7-15(16)19-10-14-6-4-5-13(3)9-14/h4-9,11-12H,10H2,1-3H3,(H,18,19)(H,20,22)(H,23,24,25). The fourth-order valence-electron chi connectivity index (χ4n) is 2.36. The lowest BCUT2D eigenvalue weighted by atomic mass is 10.1. The van der Waals surface area contributed by atoms with Crippen LogP contribution in [-0.2, 0) is 16.8 Å². The van der Waals surface area contributed by atoms with Gasteiger partial charge in [-0.05, 0) is 32.4 Å². The molecule has 0 aliphatic carbocycles. The predicted octanol–water partition coefficient (Wildman–Crippen LogP) is 2.73. The molecule has 0 bridgehead atoms. The molecule has 0 unspecified atom stereocenters. The van der Waals surface area contributed by atoms with Crippen molar-refractivity contribution < 1.29 is 17.8 Å². The van der Waals surface area contributed by atoms with E-state index in [9.17, 15) is 17.8 Å². The number of hydrogen-bond donors (Lipinski definition) is 3. The number of nitrogens with one attached hydrogen (secondary N) is 2. The molecule has 2 aromatic rings. The van der Waals surface area contributed by atoms with Crippen LogP contribution in [0.5, 0.6) is 0 Å². The Kier molecular flexibility index (Phi) is 6.17. The fraction of sp³-hybridized carbons (Fsp3) is 0.294. The van der Waals surface area contributed by atoms with Gasteiger partial charge in [0.15, 0.2) is 0 Å². The number of urea groups is 1. The molecule has 0 spiro atoms. The Bertz CT molecular complexity index is 884. The molecular weight excluding hydrogens is 356 g/mol. The Morgan fingerprint density at radius 1 is 1.31 bits per heavy atom. The number of carbonyl (C=O) groups is 1. The van der Waals surface area contributed by atoms with Crippen molar-refractivity contribution in [3.63, 3.8) is 0 Å². The van der Waals surface area contributed by atoms with Crippen molar-refractivity contribution in [2.75, 3.05) is 9.62 Å². The van der Waals surface area contributed by atoms with Crippen molar-refractivity contribution in [2.24, 2.45) is 0 Å². The number of aromatic nitrogens is 1. The van der Waals surface area contributed by atoms with E-state index >= 15 is 0 Å². The van der Waals surface area contributed by atoms with Crippen LogP contribution in [0, 0.1) is 6.92 Å². The van der Waals surface area contributed by atoms with Gasteiger partial charge in [-0.3, -0.25) is 9.54 Å². The van der Waals surface area contributed by atoms with Gasteiger partial charge in [-0.25, -0.2) is 4.79 Å². The summed E-state index contributed by atoms with van der Waals surface area (Å²) in [5.41, 5.74) is 2.35. The van der Waals surface area contributed by atoms with E-state index in [0.29, 0.717) is 16.5 Å². The average molecular weight is 378 g/mol. The third-order valence-electron chi connectivity index (χ3n) is 3.41. The number of anilines is 2.